The van der Waals surface area contributed by atoms with Crippen LogP contribution in [0.25, 0.3) is 5.82 Å². The van der Waals surface area contributed by atoms with E-state index >= 15 is 0 Å². The third-order valence-corrected chi connectivity index (χ3v) is 5.26. The molecule has 0 atom stereocenters. The summed E-state index contributed by atoms with van der Waals surface area (Å²) in [6, 6.07) is 8.75. The second kappa shape index (κ2) is 8.00. The molecule has 7 nitrogen and oxygen atoms in total. The number of aromatic nitrogens is 2. The molecule has 30 heavy (non-hydrogen) atoms. The topological polar surface area (TPSA) is 90.3 Å². The molecule has 0 saturated carbocycles. The first kappa shape index (κ1) is 21.7. The molecule has 0 aliphatic heterocycles. The Morgan fingerprint density at radius 1 is 1.20 bits per heavy atom. The van der Waals surface area contributed by atoms with Crippen LogP contribution in [0.5, 0.6) is 5.75 Å². The summed E-state index contributed by atoms with van der Waals surface area (Å²) in [6.45, 7) is 1.32. The summed E-state index contributed by atoms with van der Waals surface area (Å²) in [7, 11) is -4.39. The summed E-state index contributed by atoms with van der Waals surface area (Å²) in [6.07, 6.45) is -2.82. The molecule has 0 radical (unpaired) electrons. The zero-order valence-electron chi connectivity index (χ0n) is 15.1. The fourth-order valence-corrected chi connectivity index (χ4v) is 3.81. The summed E-state index contributed by atoms with van der Waals surface area (Å²) in [5.41, 5.74) is -0.625. The van der Waals surface area contributed by atoms with Crippen molar-refractivity contribution in [3.05, 3.63) is 65.4 Å². The standard InChI is InChI=1S/C18H13ClF3N3O4S/c1-11(26)24-13-4-6-14(7-5-13)29-30(27,28)16-3-2-8-25(16)17-15(19)9-12(10-23-17)18(20,21)22/h2-10H,1H3,(H,24,26). The normalized spacial score (nSPS) is 11.9. The number of halogens is 4. The van der Waals surface area contributed by atoms with Gasteiger partial charge in [0.1, 0.15) is 5.75 Å². The Kier molecular flexibility index (Phi) is 5.77. The van der Waals surface area contributed by atoms with Gasteiger partial charge in [-0.25, -0.2) is 4.98 Å². The SMILES string of the molecule is CC(=O)Nc1ccc(OS(=O)(=O)c2cccn2-c2ncc(C(F)(F)F)cc2Cl)cc1. The van der Waals surface area contributed by atoms with Gasteiger partial charge in [0.2, 0.25) is 5.91 Å². The van der Waals surface area contributed by atoms with Gasteiger partial charge >= 0.3 is 16.3 Å². The van der Waals surface area contributed by atoms with E-state index < -0.39 is 26.9 Å². The van der Waals surface area contributed by atoms with Crippen LogP contribution in [0.2, 0.25) is 5.02 Å². The van der Waals surface area contributed by atoms with Crippen LogP contribution < -0.4 is 9.50 Å². The summed E-state index contributed by atoms with van der Waals surface area (Å²) in [4.78, 5) is 14.7. The van der Waals surface area contributed by atoms with Gasteiger partial charge in [-0.3, -0.25) is 9.36 Å². The van der Waals surface area contributed by atoms with Gasteiger partial charge in [-0.05, 0) is 42.5 Å². The highest BCUT2D eigenvalue weighted by Crippen LogP contribution is 2.33. The fraction of sp³-hybridized carbons (Fsp3) is 0.111. The van der Waals surface area contributed by atoms with Crippen molar-refractivity contribution in [2.24, 2.45) is 0 Å². The third kappa shape index (κ3) is 4.74. The lowest BCUT2D eigenvalue weighted by atomic mass is 10.3. The maximum Gasteiger partial charge on any atom is 0.417 e. The van der Waals surface area contributed by atoms with Crippen LogP contribution in [0.3, 0.4) is 0 Å². The number of alkyl halides is 3. The molecule has 3 aromatic rings. The predicted molar refractivity (Wildman–Crippen MR) is 102 cm³/mol. The van der Waals surface area contributed by atoms with E-state index in [2.05, 4.69) is 10.3 Å². The van der Waals surface area contributed by atoms with Crippen LogP contribution in [-0.2, 0) is 21.1 Å². The molecule has 0 bridgehead atoms. The average Bonchev–Trinajstić information content (AvgIpc) is 3.12. The van der Waals surface area contributed by atoms with E-state index in [0.29, 0.717) is 18.0 Å². The van der Waals surface area contributed by atoms with Crippen LogP contribution in [0.4, 0.5) is 18.9 Å². The minimum absolute atomic E-state index is 0.0386. The maximum atomic E-state index is 12.8. The summed E-state index contributed by atoms with van der Waals surface area (Å²) in [5, 5.41) is 1.75. The zero-order valence-corrected chi connectivity index (χ0v) is 16.7. The Balaban J connectivity index is 1.91. The van der Waals surface area contributed by atoms with Crippen LogP contribution in [-0.4, -0.2) is 23.9 Å². The van der Waals surface area contributed by atoms with Gasteiger partial charge in [0.15, 0.2) is 10.8 Å². The van der Waals surface area contributed by atoms with E-state index in [9.17, 15) is 26.4 Å². The Morgan fingerprint density at radius 2 is 1.87 bits per heavy atom. The number of carbonyl (C=O) groups is 1. The monoisotopic (exact) mass is 459 g/mol. The van der Waals surface area contributed by atoms with Gasteiger partial charge in [0.05, 0.1) is 10.6 Å². The quantitative estimate of drug-likeness (QED) is 0.575. The Morgan fingerprint density at radius 3 is 2.43 bits per heavy atom. The molecule has 0 spiro atoms. The van der Waals surface area contributed by atoms with Gasteiger partial charge in [-0.15, -0.1) is 0 Å². The van der Waals surface area contributed by atoms with Crippen LogP contribution >= 0.6 is 11.6 Å². The van der Waals surface area contributed by atoms with Crippen LogP contribution in [0.1, 0.15) is 12.5 Å². The molecule has 1 aromatic carbocycles. The summed E-state index contributed by atoms with van der Waals surface area (Å²) >= 11 is 5.91. The van der Waals surface area contributed by atoms with Crippen molar-refractivity contribution >= 4 is 33.3 Å². The zero-order chi connectivity index (χ0) is 22.1. The second-order valence-electron chi connectivity index (χ2n) is 5.99. The fourth-order valence-electron chi connectivity index (χ4n) is 2.47. The molecular formula is C18H13ClF3N3O4S. The van der Waals surface area contributed by atoms with Crippen molar-refractivity contribution in [3.63, 3.8) is 0 Å². The number of anilines is 1. The number of pyridine rings is 1. The smallest absolute Gasteiger partial charge is 0.378 e. The molecule has 0 aliphatic carbocycles. The lowest BCUT2D eigenvalue weighted by Crippen LogP contribution is -2.15. The molecule has 12 heteroatoms. The van der Waals surface area contributed by atoms with Crippen molar-refractivity contribution < 1.29 is 30.6 Å². The first-order chi connectivity index (χ1) is 14.0. The van der Waals surface area contributed by atoms with Crippen molar-refractivity contribution in [3.8, 4) is 11.6 Å². The van der Waals surface area contributed by atoms with E-state index in [0.717, 1.165) is 4.57 Å². The maximum absolute atomic E-state index is 12.8. The van der Waals surface area contributed by atoms with Gasteiger partial charge in [-0.2, -0.15) is 21.6 Å². The number of amides is 1. The molecule has 0 unspecified atom stereocenters. The minimum Gasteiger partial charge on any atom is -0.378 e. The van der Waals surface area contributed by atoms with Gasteiger partial charge in [0.25, 0.3) is 0 Å². The summed E-state index contributed by atoms with van der Waals surface area (Å²) in [5.74, 6) is -0.545. The van der Waals surface area contributed by atoms with Crippen molar-refractivity contribution in [1.82, 2.24) is 9.55 Å². The number of rotatable bonds is 5. The van der Waals surface area contributed by atoms with Gasteiger partial charge in [-0.1, -0.05) is 11.6 Å². The van der Waals surface area contributed by atoms with Crippen molar-refractivity contribution in [2.45, 2.75) is 18.1 Å². The number of benzene rings is 1. The lowest BCUT2D eigenvalue weighted by molar-refractivity contribution is -0.137. The van der Waals surface area contributed by atoms with Gasteiger partial charge < -0.3 is 9.50 Å². The Hall–Kier alpha value is -3.05. The highest BCUT2D eigenvalue weighted by Gasteiger charge is 2.32. The number of hydrogen-bond acceptors (Lipinski definition) is 5. The number of nitrogens with zero attached hydrogens (tertiary/aromatic N) is 2. The van der Waals surface area contributed by atoms with E-state index in [1.54, 1.807) is 0 Å². The average molecular weight is 460 g/mol. The molecule has 2 aromatic heterocycles. The minimum atomic E-state index is -4.65. The first-order valence-corrected chi connectivity index (χ1v) is 9.98. The molecule has 1 N–H and O–H groups in total. The molecule has 2 heterocycles. The van der Waals surface area contributed by atoms with E-state index in [1.807, 2.05) is 0 Å². The molecular weight excluding hydrogens is 447 g/mol. The number of carbonyl (C=O) groups excluding carboxylic acids is 1. The molecule has 1 amide bonds. The Labute approximate surface area is 174 Å². The molecule has 0 aliphatic rings. The van der Waals surface area contributed by atoms with Crippen LogP contribution in [0.15, 0.2) is 59.9 Å². The molecule has 3 rings (SSSR count). The largest absolute Gasteiger partial charge is 0.417 e. The third-order valence-electron chi connectivity index (χ3n) is 3.73. The van der Waals surface area contributed by atoms with E-state index in [-0.39, 0.29) is 22.5 Å². The molecule has 158 valence electrons. The van der Waals surface area contributed by atoms with Crippen molar-refractivity contribution in [1.29, 1.82) is 0 Å². The second-order valence-corrected chi connectivity index (χ2v) is 7.89. The Bertz CT molecular complexity index is 1190. The van der Waals surface area contributed by atoms with Crippen molar-refractivity contribution in [2.75, 3.05) is 5.32 Å². The van der Waals surface area contributed by atoms with Crippen LogP contribution in [0, 0.1) is 0 Å². The molecule has 0 saturated heterocycles. The number of hydrogen-bond donors (Lipinski definition) is 1. The first-order valence-electron chi connectivity index (χ1n) is 8.20. The highest BCUT2D eigenvalue weighted by atomic mass is 35.5. The predicted octanol–water partition coefficient (Wildman–Crippen LogP) is 4.27. The number of nitrogens with one attached hydrogen (secondary N) is 1. The van der Waals surface area contributed by atoms with Gasteiger partial charge in [0, 0.05) is 25.0 Å². The van der Waals surface area contributed by atoms with E-state index in [4.69, 9.17) is 15.8 Å². The highest BCUT2D eigenvalue weighted by molar-refractivity contribution is 7.87. The van der Waals surface area contributed by atoms with E-state index in [1.165, 1.54) is 49.5 Å². The molecule has 0 fully saturated rings. The lowest BCUT2D eigenvalue weighted by Gasteiger charge is -2.13. The summed E-state index contributed by atoms with van der Waals surface area (Å²) < 4.78 is 69.9.